The SMILES string of the molecule is COc1ccc(/C=C/C(=O)NC(=S)NNC(=O)c2ccc(OC)cc2)cc1. The summed E-state index contributed by atoms with van der Waals surface area (Å²) in [5.74, 6) is 0.547. The van der Waals surface area contributed by atoms with Gasteiger partial charge >= 0.3 is 0 Å². The summed E-state index contributed by atoms with van der Waals surface area (Å²) in [6.07, 6.45) is 2.97. The third-order valence-electron chi connectivity index (χ3n) is 3.42. The highest BCUT2D eigenvalue weighted by Crippen LogP contribution is 2.12. The van der Waals surface area contributed by atoms with E-state index in [0.717, 1.165) is 11.3 Å². The molecule has 3 N–H and O–H groups in total. The van der Waals surface area contributed by atoms with Crippen molar-refractivity contribution in [1.29, 1.82) is 0 Å². The molecule has 0 aliphatic heterocycles. The number of hydrazine groups is 1. The molecule has 2 rings (SSSR count). The lowest BCUT2D eigenvalue weighted by Gasteiger charge is -2.10. The molecule has 2 aromatic carbocycles. The molecule has 0 saturated carbocycles. The van der Waals surface area contributed by atoms with Gasteiger partial charge in [0.25, 0.3) is 5.91 Å². The van der Waals surface area contributed by atoms with Crippen molar-refractivity contribution in [3.63, 3.8) is 0 Å². The smallest absolute Gasteiger partial charge is 0.269 e. The summed E-state index contributed by atoms with van der Waals surface area (Å²) in [6.45, 7) is 0. The molecule has 0 radical (unpaired) electrons. The van der Waals surface area contributed by atoms with Crippen LogP contribution in [0.1, 0.15) is 15.9 Å². The standard InChI is InChI=1S/C19H19N3O4S/c1-25-15-8-3-13(4-9-15)5-12-17(23)20-19(27)22-21-18(24)14-6-10-16(26-2)11-7-14/h3-12H,1-2H3,(H,21,24)(H2,20,22,23,27)/b12-5+. The number of thiocarbonyl (C=S) groups is 1. The Morgan fingerprint density at radius 2 is 1.44 bits per heavy atom. The summed E-state index contributed by atoms with van der Waals surface area (Å²) in [5.41, 5.74) is 6.12. The van der Waals surface area contributed by atoms with E-state index in [1.165, 1.54) is 6.08 Å². The molecule has 2 amide bonds. The molecule has 0 spiro atoms. The Morgan fingerprint density at radius 1 is 0.889 bits per heavy atom. The monoisotopic (exact) mass is 385 g/mol. The van der Waals surface area contributed by atoms with Gasteiger partial charge in [-0.25, -0.2) is 0 Å². The molecule has 0 fully saturated rings. The summed E-state index contributed by atoms with van der Waals surface area (Å²) in [5, 5.41) is 2.41. The lowest BCUT2D eigenvalue weighted by Crippen LogP contribution is -2.48. The first kappa shape index (κ1) is 19.9. The van der Waals surface area contributed by atoms with E-state index in [9.17, 15) is 9.59 Å². The van der Waals surface area contributed by atoms with E-state index < -0.39 is 11.8 Å². The second-order valence-corrected chi connectivity index (χ2v) is 5.64. The number of nitrogens with one attached hydrogen (secondary N) is 3. The predicted octanol–water partition coefficient (Wildman–Crippen LogP) is 2.05. The average Bonchev–Trinajstić information content (AvgIpc) is 2.71. The molecule has 0 heterocycles. The Balaban J connectivity index is 1.79. The number of carbonyl (C=O) groups is 2. The molecule has 7 nitrogen and oxygen atoms in total. The number of rotatable bonds is 5. The Bertz CT molecular complexity index is 833. The number of hydrogen-bond donors (Lipinski definition) is 3. The highest BCUT2D eigenvalue weighted by molar-refractivity contribution is 7.80. The van der Waals surface area contributed by atoms with Crippen molar-refractivity contribution >= 4 is 35.2 Å². The van der Waals surface area contributed by atoms with Crippen LogP contribution in [0.2, 0.25) is 0 Å². The first-order chi connectivity index (χ1) is 13.0. The van der Waals surface area contributed by atoms with Gasteiger partial charge in [0.1, 0.15) is 11.5 Å². The Labute approximate surface area is 162 Å². The van der Waals surface area contributed by atoms with Gasteiger partial charge < -0.3 is 9.47 Å². The first-order valence-electron chi connectivity index (χ1n) is 7.89. The zero-order valence-corrected chi connectivity index (χ0v) is 15.6. The molecule has 0 unspecified atom stereocenters. The number of methoxy groups -OCH3 is 2. The lowest BCUT2D eigenvalue weighted by molar-refractivity contribution is -0.115. The largest absolute Gasteiger partial charge is 0.497 e. The Kier molecular flexibility index (Phi) is 7.33. The number of hydrogen-bond acceptors (Lipinski definition) is 5. The summed E-state index contributed by atoms with van der Waals surface area (Å²) >= 11 is 4.97. The van der Waals surface area contributed by atoms with Gasteiger partial charge in [0.2, 0.25) is 5.91 Å². The number of benzene rings is 2. The minimum absolute atomic E-state index is 0.0266. The lowest BCUT2D eigenvalue weighted by atomic mass is 10.2. The zero-order chi connectivity index (χ0) is 19.6. The van der Waals surface area contributed by atoms with Crippen molar-refractivity contribution in [2.75, 3.05) is 14.2 Å². The minimum atomic E-state index is -0.429. The van der Waals surface area contributed by atoms with Crippen molar-refractivity contribution < 1.29 is 19.1 Å². The van der Waals surface area contributed by atoms with Crippen LogP contribution in [0.4, 0.5) is 0 Å². The normalized spacial score (nSPS) is 10.1. The van der Waals surface area contributed by atoms with Gasteiger partial charge in [0.15, 0.2) is 5.11 Å². The summed E-state index contributed by atoms with van der Waals surface area (Å²) in [6, 6.07) is 13.8. The van der Waals surface area contributed by atoms with Gasteiger partial charge in [-0.05, 0) is 60.3 Å². The molecular formula is C19H19N3O4S. The molecule has 8 heteroatoms. The summed E-state index contributed by atoms with van der Waals surface area (Å²) < 4.78 is 10.1. The van der Waals surface area contributed by atoms with Crippen LogP contribution in [-0.2, 0) is 4.79 Å². The van der Waals surface area contributed by atoms with Gasteiger partial charge in [-0.15, -0.1) is 0 Å². The van der Waals surface area contributed by atoms with E-state index in [0.29, 0.717) is 11.3 Å². The predicted molar refractivity (Wildman–Crippen MR) is 106 cm³/mol. The van der Waals surface area contributed by atoms with Crippen molar-refractivity contribution in [2.45, 2.75) is 0 Å². The molecule has 27 heavy (non-hydrogen) atoms. The Morgan fingerprint density at radius 3 is 2.00 bits per heavy atom. The molecule has 0 atom stereocenters. The van der Waals surface area contributed by atoms with E-state index in [4.69, 9.17) is 21.7 Å². The van der Waals surface area contributed by atoms with Crippen molar-refractivity contribution in [2.24, 2.45) is 0 Å². The van der Waals surface area contributed by atoms with E-state index >= 15 is 0 Å². The van der Waals surface area contributed by atoms with Crippen LogP contribution in [0.5, 0.6) is 11.5 Å². The van der Waals surface area contributed by atoms with E-state index in [1.54, 1.807) is 56.7 Å². The topological polar surface area (TPSA) is 88.7 Å². The number of carbonyl (C=O) groups excluding carboxylic acids is 2. The van der Waals surface area contributed by atoms with Gasteiger partial charge in [0.05, 0.1) is 14.2 Å². The molecule has 0 bridgehead atoms. The van der Waals surface area contributed by atoms with Crippen LogP contribution < -0.4 is 25.6 Å². The van der Waals surface area contributed by atoms with E-state index in [-0.39, 0.29) is 5.11 Å². The summed E-state index contributed by atoms with van der Waals surface area (Å²) in [7, 11) is 3.13. The number of ether oxygens (including phenoxy) is 2. The quantitative estimate of drug-likeness (QED) is 0.415. The molecule has 0 aliphatic carbocycles. The molecule has 140 valence electrons. The first-order valence-corrected chi connectivity index (χ1v) is 8.30. The van der Waals surface area contributed by atoms with Crippen molar-refractivity contribution in [3.8, 4) is 11.5 Å². The molecular weight excluding hydrogens is 366 g/mol. The highest BCUT2D eigenvalue weighted by Gasteiger charge is 2.07. The number of amides is 2. The fourth-order valence-electron chi connectivity index (χ4n) is 2.00. The average molecular weight is 385 g/mol. The minimum Gasteiger partial charge on any atom is -0.497 e. The molecule has 0 aromatic heterocycles. The van der Waals surface area contributed by atoms with Crippen molar-refractivity contribution in [3.05, 3.63) is 65.7 Å². The highest BCUT2D eigenvalue weighted by atomic mass is 32.1. The zero-order valence-electron chi connectivity index (χ0n) is 14.8. The molecule has 0 aliphatic rings. The fourth-order valence-corrected chi connectivity index (χ4v) is 2.15. The maximum Gasteiger partial charge on any atom is 0.269 e. The van der Waals surface area contributed by atoms with Gasteiger partial charge in [-0.3, -0.25) is 25.8 Å². The van der Waals surface area contributed by atoms with E-state index in [1.807, 2.05) is 12.1 Å². The summed E-state index contributed by atoms with van der Waals surface area (Å²) in [4.78, 5) is 23.8. The third kappa shape index (κ3) is 6.44. The van der Waals surface area contributed by atoms with Gasteiger partial charge in [-0.2, -0.15) is 0 Å². The van der Waals surface area contributed by atoms with Crippen molar-refractivity contribution in [1.82, 2.24) is 16.2 Å². The second-order valence-electron chi connectivity index (χ2n) is 5.23. The van der Waals surface area contributed by atoms with Gasteiger partial charge in [0, 0.05) is 11.6 Å². The van der Waals surface area contributed by atoms with Gasteiger partial charge in [-0.1, -0.05) is 12.1 Å². The Hall–Kier alpha value is -3.39. The van der Waals surface area contributed by atoms with Crippen LogP contribution in [0, 0.1) is 0 Å². The van der Waals surface area contributed by atoms with Crippen LogP contribution in [0.3, 0.4) is 0 Å². The third-order valence-corrected chi connectivity index (χ3v) is 3.63. The van der Waals surface area contributed by atoms with E-state index in [2.05, 4.69) is 16.2 Å². The maximum atomic E-state index is 12.0. The second kappa shape index (κ2) is 9.93. The fraction of sp³-hybridized carbons (Fsp3) is 0.105. The van der Waals surface area contributed by atoms with Crippen LogP contribution >= 0.6 is 12.2 Å². The molecule has 2 aromatic rings. The maximum absolute atomic E-state index is 12.0. The van der Waals surface area contributed by atoms with Crippen LogP contribution in [0.15, 0.2) is 54.6 Å². The van der Waals surface area contributed by atoms with Crippen LogP contribution in [0.25, 0.3) is 6.08 Å². The molecule has 0 saturated heterocycles. The van der Waals surface area contributed by atoms with Crippen LogP contribution in [-0.4, -0.2) is 31.1 Å².